The molecule has 2 aromatic rings. The molecule has 1 fully saturated rings. The first-order valence-electron chi connectivity index (χ1n) is 7.71. The lowest BCUT2D eigenvalue weighted by molar-refractivity contribution is -0.0718. The third kappa shape index (κ3) is 4.40. The van der Waals surface area contributed by atoms with Crippen molar-refractivity contribution in [2.24, 2.45) is 0 Å². The van der Waals surface area contributed by atoms with E-state index in [4.69, 9.17) is 9.47 Å². The molecule has 6 nitrogen and oxygen atoms in total. The zero-order chi connectivity index (χ0) is 17.0. The first kappa shape index (κ1) is 17.5. The number of hydrogen-bond donors (Lipinski definition) is 1. The van der Waals surface area contributed by atoms with Gasteiger partial charge in [-0.05, 0) is 42.5 Å². The SMILES string of the molecule is Cc1csc(S(=O)(=O)N[C@@H]2CCOC[C@H]2OCc2ccccn2)c1. The van der Waals surface area contributed by atoms with Crippen LogP contribution in [0.1, 0.15) is 17.7 Å². The minimum Gasteiger partial charge on any atom is -0.379 e. The summed E-state index contributed by atoms with van der Waals surface area (Å²) in [5, 5.41) is 1.83. The highest BCUT2D eigenvalue weighted by atomic mass is 32.2. The molecule has 0 aliphatic carbocycles. The first-order valence-corrected chi connectivity index (χ1v) is 10.1. The molecule has 3 rings (SSSR count). The van der Waals surface area contributed by atoms with Gasteiger partial charge in [0.25, 0.3) is 0 Å². The molecule has 1 saturated heterocycles. The number of thiophene rings is 1. The van der Waals surface area contributed by atoms with E-state index in [1.165, 1.54) is 11.3 Å². The standard InChI is InChI=1S/C16H20N2O4S2/c1-12-8-16(23-11-12)24(19,20)18-14-5-7-21-10-15(14)22-9-13-4-2-3-6-17-13/h2-4,6,8,11,14-15,18H,5,7,9-10H2,1H3/t14-,15-/m1/s1. The van der Waals surface area contributed by atoms with Gasteiger partial charge < -0.3 is 9.47 Å². The average molecular weight is 368 g/mol. The van der Waals surface area contributed by atoms with E-state index in [1.54, 1.807) is 12.3 Å². The van der Waals surface area contributed by atoms with Gasteiger partial charge in [0, 0.05) is 12.8 Å². The molecule has 8 heteroatoms. The Morgan fingerprint density at radius 1 is 1.46 bits per heavy atom. The summed E-state index contributed by atoms with van der Waals surface area (Å²) in [7, 11) is -3.54. The van der Waals surface area contributed by atoms with E-state index >= 15 is 0 Å². The Kier molecular flexibility index (Phi) is 5.62. The minimum atomic E-state index is -3.54. The van der Waals surface area contributed by atoms with E-state index in [2.05, 4.69) is 9.71 Å². The van der Waals surface area contributed by atoms with E-state index in [9.17, 15) is 8.42 Å². The van der Waals surface area contributed by atoms with Crippen LogP contribution in [0.3, 0.4) is 0 Å². The van der Waals surface area contributed by atoms with Crippen LogP contribution in [0.15, 0.2) is 40.1 Å². The van der Waals surface area contributed by atoms with Crippen LogP contribution in [-0.4, -0.2) is 38.8 Å². The van der Waals surface area contributed by atoms with Gasteiger partial charge in [0.15, 0.2) is 0 Å². The third-order valence-corrected chi connectivity index (χ3v) is 6.80. The lowest BCUT2D eigenvalue weighted by Gasteiger charge is -2.31. The molecule has 1 aliphatic rings. The van der Waals surface area contributed by atoms with Gasteiger partial charge in [-0.3, -0.25) is 4.98 Å². The van der Waals surface area contributed by atoms with Gasteiger partial charge in [-0.15, -0.1) is 11.3 Å². The normalized spacial score (nSPS) is 21.7. The number of pyridine rings is 1. The number of nitrogens with one attached hydrogen (secondary N) is 1. The topological polar surface area (TPSA) is 77.5 Å². The molecule has 0 radical (unpaired) electrons. The first-order chi connectivity index (χ1) is 11.5. The highest BCUT2D eigenvalue weighted by Gasteiger charge is 2.31. The maximum absolute atomic E-state index is 12.5. The van der Waals surface area contributed by atoms with Crippen molar-refractivity contribution in [2.45, 2.75) is 36.3 Å². The molecule has 0 bridgehead atoms. The summed E-state index contributed by atoms with van der Waals surface area (Å²) in [5.41, 5.74) is 1.74. The summed E-state index contributed by atoms with van der Waals surface area (Å²) in [4.78, 5) is 4.21. The van der Waals surface area contributed by atoms with Crippen LogP contribution < -0.4 is 4.72 Å². The van der Waals surface area contributed by atoms with Crippen LogP contribution in [0, 0.1) is 6.92 Å². The van der Waals surface area contributed by atoms with Crippen molar-refractivity contribution in [3.63, 3.8) is 0 Å². The number of ether oxygens (including phenoxy) is 2. The summed E-state index contributed by atoms with van der Waals surface area (Å²) in [6.45, 7) is 3.08. The van der Waals surface area contributed by atoms with E-state index in [-0.39, 0.29) is 12.1 Å². The highest BCUT2D eigenvalue weighted by Crippen LogP contribution is 2.22. The Labute approximate surface area is 145 Å². The maximum Gasteiger partial charge on any atom is 0.250 e. The third-order valence-electron chi connectivity index (χ3n) is 3.75. The second-order valence-electron chi connectivity index (χ2n) is 5.70. The summed E-state index contributed by atoms with van der Waals surface area (Å²) >= 11 is 1.22. The second-order valence-corrected chi connectivity index (χ2v) is 8.56. The minimum absolute atomic E-state index is 0.310. The molecule has 24 heavy (non-hydrogen) atoms. The smallest absolute Gasteiger partial charge is 0.250 e. The van der Waals surface area contributed by atoms with Gasteiger partial charge in [-0.1, -0.05) is 6.07 Å². The molecule has 1 N–H and O–H groups in total. The summed E-state index contributed by atoms with van der Waals surface area (Å²) in [5.74, 6) is 0. The quantitative estimate of drug-likeness (QED) is 0.845. The van der Waals surface area contributed by atoms with Crippen molar-refractivity contribution >= 4 is 21.4 Å². The highest BCUT2D eigenvalue weighted by molar-refractivity contribution is 7.91. The van der Waals surface area contributed by atoms with Crippen LogP contribution >= 0.6 is 11.3 Å². The molecule has 2 atom stereocenters. The molecular formula is C16H20N2O4S2. The van der Waals surface area contributed by atoms with Crippen LogP contribution in [0.5, 0.6) is 0 Å². The van der Waals surface area contributed by atoms with Crippen molar-refractivity contribution in [2.75, 3.05) is 13.2 Å². The van der Waals surface area contributed by atoms with Crippen LogP contribution in [0.4, 0.5) is 0 Å². The maximum atomic E-state index is 12.5. The van der Waals surface area contributed by atoms with Gasteiger partial charge in [0.05, 0.1) is 31.1 Å². The largest absolute Gasteiger partial charge is 0.379 e. The van der Waals surface area contributed by atoms with E-state index in [0.717, 1.165) is 11.3 Å². The predicted octanol–water partition coefficient (Wildman–Crippen LogP) is 2.10. The molecule has 3 heterocycles. The van der Waals surface area contributed by atoms with Crippen molar-refractivity contribution in [1.29, 1.82) is 0 Å². The van der Waals surface area contributed by atoms with E-state index < -0.39 is 10.0 Å². The van der Waals surface area contributed by atoms with Crippen molar-refractivity contribution in [3.8, 4) is 0 Å². The average Bonchev–Trinajstić information content (AvgIpc) is 3.02. The molecule has 130 valence electrons. The molecule has 0 saturated carbocycles. The Bertz CT molecular complexity index is 761. The van der Waals surface area contributed by atoms with Gasteiger partial charge in [0.1, 0.15) is 4.21 Å². The van der Waals surface area contributed by atoms with Crippen molar-refractivity contribution in [3.05, 3.63) is 47.1 Å². The van der Waals surface area contributed by atoms with Gasteiger partial charge in [-0.25, -0.2) is 13.1 Å². The Hall–Kier alpha value is -1.32. The van der Waals surface area contributed by atoms with Gasteiger partial charge in [-0.2, -0.15) is 0 Å². The molecule has 0 amide bonds. The van der Waals surface area contributed by atoms with Crippen molar-refractivity contribution < 1.29 is 17.9 Å². The molecular weight excluding hydrogens is 348 g/mol. The number of nitrogens with zero attached hydrogens (tertiary/aromatic N) is 1. The summed E-state index contributed by atoms with van der Waals surface area (Å²) in [6.07, 6.45) is 1.95. The number of hydrogen-bond acceptors (Lipinski definition) is 6. The zero-order valence-electron chi connectivity index (χ0n) is 13.3. The number of aromatic nitrogens is 1. The number of rotatable bonds is 6. The van der Waals surface area contributed by atoms with Crippen LogP contribution in [0.2, 0.25) is 0 Å². The van der Waals surface area contributed by atoms with E-state index in [0.29, 0.717) is 30.5 Å². The molecule has 1 aliphatic heterocycles. The fourth-order valence-corrected chi connectivity index (χ4v) is 5.03. The van der Waals surface area contributed by atoms with Gasteiger partial charge >= 0.3 is 0 Å². The van der Waals surface area contributed by atoms with E-state index in [1.807, 2.05) is 30.5 Å². The Morgan fingerprint density at radius 2 is 2.33 bits per heavy atom. The summed E-state index contributed by atoms with van der Waals surface area (Å²) in [6, 6.07) is 6.97. The molecule has 2 aromatic heterocycles. The molecule has 0 unspecified atom stereocenters. The lowest BCUT2D eigenvalue weighted by Crippen LogP contribution is -2.49. The number of sulfonamides is 1. The Morgan fingerprint density at radius 3 is 3.04 bits per heavy atom. The second kappa shape index (κ2) is 7.71. The van der Waals surface area contributed by atoms with Crippen LogP contribution in [-0.2, 0) is 26.1 Å². The predicted molar refractivity (Wildman–Crippen MR) is 91.4 cm³/mol. The monoisotopic (exact) mass is 368 g/mol. The molecule has 0 spiro atoms. The fraction of sp³-hybridized carbons (Fsp3) is 0.438. The molecule has 0 aromatic carbocycles. The zero-order valence-corrected chi connectivity index (χ0v) is 15.0. The van der Waals surface area contributed by atoms with Crippen molar-refractivity contribution in [1.82, 2.24) is 9.71 Å². The van der Waals surface area contributed by atoms with Crippen LogP contribution in [0.25, 0.3) is 0 Å². The van der Waals surface area contributed by atoms with Gasteiger partial charge in [0.2, 0.25) is 10.0 Å². The number of aryl methyl sites for hydroxylation is 1. The fourth-order valence-electron chi connectivity index (χ4n) is 2.49. The lowest BCUT2D eigenvalue weighted by atomic mass is 10.1. The Balaban J connectivity index is 1.66. The summed E-state index contributed by atoms with van der Waals surface area (Å²) < 4.78 is 39.5.